The number of alkyl carbamates (subject to hydrolysis) is 1. The van der Waals surface area contributed by atoms with Crippen molar-refractivity contribution >= 4 is 27.9 Å². The Bertz CT molecular complexity index is 876. The zero-order chi connectivity index (χ0) is 21.3. The van der Waals surface area contributed by atoms with E-state index in [1.54, 1.807) is 11.9 Å². The summed E-state index contributed by atoms with van der Waals surface area (Å²) in [6.07, 6.45) is 1.27. The first-order valence-corrected chi connectivity index (χ1v) is 10.4. The lowest BCUT2D eigenvalue weighted by Gasteiger charge is -2.25. The summed E-state index contributed by atoms with van der Waals surface area (Å²) in [5.74, 6) is -0.226. The van der Waals surface area contributed by atoms with Gasteiger partial charge in [-0.2, -0.15) is 0 Å². The summed E-state index contributed by atoms with van der Waals surface area (Å²) in [5, 5.41) is 2.72. The van der Waals surface area contributed by atoms with Crippen LogP contribution in [0.5, 0.6) is 0 Å². The molecule has 0 bridgehead atoms. The average Bonchev–Trinajstić information content (AvgIpc) is 3.17. The average molecular weight is 474 g/mol. The number of halogens is 1. The van der Waals surface area contributed by atoms with E-state index in [2.05, 4.69) is 26.7 Å². The largest absolute Gasteiger partial charge is 0.445 e. The van der Waals surface area contributed by atoms with Crippen LogP contribution in [0.2, 0.25) is 0 Å². The van der Waals surface area contributed by atoms with Gasteiger partial charge in [0.15, 0.2) is 0 Å². The minimum absolute atomic E-state index is 0.134. The molecule has 158 valence electrons. The highest BCUT2D eigenvalue weighted by Crippen LogP contribution is 2.14. The topological polar surface area (TPSA) is 79.9 Å². The molecule has 0 aromatic heterocycles. The van der Waals surface area contributed by atoms with Crippen molar-refractivity contribution < 1.29 is 19.2 Å². The molecule has 0 fully saturated rings. The van der Waals surface area contributed by atoms with Crippen LogP contribution in [0.4, 0.5) is 4.79 Å². The molecular formula is C22H24BrN3O4. The normalized spacial score (nSPS) is 16.2. The maximum absolute atomic E-state index is 13.1. The molecule has 2 amide bonds. The van der Waals surface area contributed by atoms with Gasteiger partial charge in [0.25, 0.3) is 0 Å². The van der Waals surface area contributed by atoms with Gasteiger partial charge in [0.2, 0.25) is 5.91 Å². The second kappa shape index (κ2) is 10.8. The third kappa shape index (κ3) is 6.60. The molecule has 2 atom stereocenters. The smallest absolute Gasteiger partial charge is 0.408 e. The van der Waals surface area contributed by atoms with Crippen molar-refractivity contribution in [3.8, 4) is 0 Å². The van der Waals surface area contributed by atoms with E-state index in [-0.39, 0.29) is 18.6 Å². The number of likely N-dealkylation sites (N-methyl/N-ethyl adjacent to an activating group) is 1. The number of hydrogen-bond acceptors (Lipinski definition) is 5. The quantitative estimate of drug-likeness (QED) is 0.575. The summed E-state index contributed by atoms with van der Waals surface area (Å²) in [7, 11) is 1.68. The van der Waals surface area contributed by atoms with Crippen LogP contribution in [0.1, 0.15) is 11.1 Å². The van der Waals surface area contributed by atoms with Gasteiger partial charge in [-0.1, -0.05) is 60.7 Å². The second-order valence-electron chi connectivity index (χ2n) is 6.94. The van der Waals surface area contributed by atoms with Gasteiger partial charge in [0.05, 0.1) is 6.54 Å². The van der Waals surface area contributed by atoms with Crippen molar-refractivity contribution in [2.45, 2.75) is 25.2 Å². The van der Waals surface area contributed by atoms with Gasteiger partial charge in [-0.3, -0.25) is 15.1 Å². The van der Waals surface area contributed by atoms with Gasteiger partial charge in [-0.15, -0.1) is 0 Å². The number of nitrogens with one attached hydrogen (secondary N) is 2. The highest BCUT2D eigenvalue weighted by molar-refractivity contribution is 9.11. The van der Waals surface area contributed by atoms with Gasteiger partial charge in [-0.25, -0.2) is 4.79 Å². The Morgan fingerprint density at radius 1 is 1.13 bits per heavy atom. The standard InChI is InChI=1S/C22H24BrN3O4/c1-26(14-18-13-20(23)25-30-18)21(27)19(12-16-8-4-2-5-9-16)24-22(28)29-15-17-10-6-3-7-11-17/h2-11,13,18-19,25H,12,14-15H2,1H3,(H,24,28)/t18?,19-/m0/s1. The number of amides is 2. The number of hydroxylamine groups is 1. The van der Waals surface area contributed by atoms with E-state index in [4.69, 9.17) is 9.57 Å². The molecule has 0 saturated heterocycles. The molecule has 0 saturated carbocycles. The molecule has 7 nitrogen and oxygen atoms in total. The molecule has 1 aliphatic heterocycles. The summed E-state index contributed by atoms with van der Waals surface area (Å²) < 4.78 is 6.02. The molecule has 0 radical (unpaired) electrons. The lowest BCUT2D eigenvalue weighted by Crippen LogP contribution is -2.50. The van der Waals surface area contributed by atoms with Crippen molar-refractivity contribution in [2.75, 3.05) is 13.6 Å². The van der Waals surface area contributed by atoms with Crippen LogP contribution in [0.3, 0.4) is 0 Å². The molecule has 8 heteroatoms. The van der Waals surface area contributed by atoms with Crippen LogP contribution in [0, 0.1) is 0 Å². The van der Waals surface area contributed by atoms with Crippen molar-refractivity contribution in [1.82, 2.24) is 15.7 Å². The summed E-state index contributed by atoms with van der Waals surface area (Å²) in [4.78, 5) is 32.3. The van der Waals surface area contributed by atoms with Crippen LogP contribution in [0.15, 0.2) is 71.3 Å². The SMILES string of the molecule is CN(CC1C=C(Br)NO1)C(=O)[C@H](Cc1ccccc1)NC(=O)OCc1ccccc1. The van der Waals surface area contributed by atoms with E-state index in [0.717, 1.165) is 15.7 Å². The lowest BCUT2D eigenvalue weighted by molar-refractivity contribution is -0.133. The number of carbonyl (C=O) groups excluding carboxylic acids is 2. The Balaban J connectivity index is 1.63. The fourth-order valence-corrected chi connectivity index (χ4v) is 3.42. The fourth-order valence-electron chi connectivity index (χ4n) is 3.04. The predicted octanol–water partition coefficient (Wildman–Crippen LogP) is 3.12. The molecule has 2 aromatic carbocycles. The van der Waals surface area contributed by atoms with Crippen molar-refractivity contribution in [3.63, 3.8) is 0 Å². The van der Waals surface area contributed by atoms with Crippen molar-refractivity contribution in [2.24, 2.45) is 0 Å². The molecule has 2 aromatic rings. The highest BCUT2D eigenvalue weighted by atomic mass is 79.9. The van der Waals surface area contributed by atoms with Gasteiger partial charge in [0.1, 0.15) is 23.4 Å². The number of benzene rings is 2. The molecule has 0 aliphatic carbocycles. The van der Waals surface area contributed by atoms with Crippen LogP contribution in [-0.4, -0.2) is 42.6 Å². The Hall–Kier alpha value is -2.84. The Morgan fingerprint density at radius 3 is 2.37 bits per heavy atom. The second-order valence-corrected chi connectivity index (χ2v) is 7.79. The summed E-state index contributed by atoms with van der Waals surface area (Å²) >= 11 is 3.30. The van der Waals surface area contributed by atoms with Gasteiger partial charge in [-0.05, 0) is 33.1 Å². The Labute approximate surface area is 184 Å². The molecular weight excluding hydrogens is 450 g/mol. The highest BCUT2D eigenvalue weighted by Gasteiger charge is 2.27. The van der Waals surface area contributed by atoms with E-state index in [0.29, 0.717) is 13.0 Å². The summed E-state index contributed by atoms with van der Waals surface area (Å²) in [6.45, 7) is 0.474. The van der Waals surface area contributed by atoms with Gasteiger partial charge >= 0.3 is 6.09 Å². The third-order valence-electron chi connectivity index (χ3n) is 4.56. The molecule has 2 N–H and O–H groups in total. The Morgan fingerprint density at radius 2 is 1.77 bits per heavy atom. The minimum Gasteiger partial charge on any atom is -0.445 e. The predicted molar refractivity (Wildman–Crippen MR) is 116 cm³/mol. The summed E-state index contributed by atoms with van der Waals surface area (Å²) in [6, 6.07) is 18.2. The van der Waals surface area contributed by atoms with Crippen LogP contribution in [0.25, 0.3) is 0 Å². The van der Waals surface area contributed by atoms with Crippen molar-refractivity contribution in [1.29, 1.82) is 0 Å². The van der Waals surface area contributed by atoms with Crippen molar-refractivity contribution in [3.05, 3.63) is 82.5 Å². The maximum Gasteiger partial charge on any atom is 0.408 e. The molecule has 0 spiro atoms. The first-order chi connectivity index (χ1) is 14.5. The molecule has 3 rings (SSSR count). The van der Waals surface area contributed by atoms with Crippen LogP contribution in [-0.2, 0) is 27.4 Å². The first kappa shape index (κ1) is 21.9. The minimum atomic E-state index is -0.762. The van der Waals surface area contributed by atoms with Crippen LogP contribution >= 0.6 is 15.9 Å². The van der Waals surface area contributed by atoms with Crippen LogP contribution < -0.4 is 10.8 Å². The monoisotopic (exact) mass is 473 g/mol. The lowest BCUT2D eigenvalue weighted by atomic mass is 10.0. The maximum atomic E-state index is 13.1. The number of hydrogen-bond donors (Lipinski definition) is 2. The third-order valence-corrected chi connectivity index (χ3v) is 4.98. The Kier molecular flexibility index (Phi) is 7.87. The van der Waals surface area contributed by atoms with E-state index in [9.17, 15) is 9.59 Å². The van der Waals surface area contributed by atoms with Gasteiger partial charge in [0, 0.05) is 13.5 Å². The van der Waals surface area contributed by atoms with Gasteiger partial charge < -0.3 is 15.0 Å². The van der Waals surface area contributed by atoms with E-state index < -0.39 is 12.1 Å². The molecule has 1 unspecified atom stereocenters. The zero-order valence-electron chi connectivity index (χ0n) is 16.6. The first-order valence-electron chi connectivity index (χ1n) is 9.56. The van der Waals surface area contributed by atoms with E-state index >= 15 is 0 Å². The molecule has 1 heterocycles. The summed E-state index contributed by atoms with van der Waals surface area (Å²) in [5.41, 5.74) is 4.51. The zero-order valence-corrected chi connectivity index (χ0v) is 18.2. The number of ether oxygens (including phenoxy) is 1. The molecule has 1 aliphatic rings. The van der Waals surface area contributed by atoms with E-state index in [1.165, 1.54) is 0 Å². The number of carbonyl (C=O) groups is 2. The molecule has 30 heavy (non-hydrogen) atoms. The fraction of sp³-hybridized carbons (Fsp3) is 0.273. The number of rotatable bonds is 8. The number of nitrogens with zero attached hydrogens (tertiary/aromatic N) is 1. The van der Waals surface area contributed by atoms with E-state index in [1.807, 2.05) is 66.7 Å².